The van der Waals surface area contributed by atoms with Gasteiger partial charge in [0, 0.05) is 16.5 Å². The predicted octanol–water partition coefficient (Wildman–Crippen LogP) is 7.33. The highest BCUT2D eigenvalue weighted by Crippen LogP contribution is 2.46. The van der Waals surface area contributed by atoms with Gasteiger partial charge in [-0.15, -0.1) is 0 Å². The molecule has 11 nitrogen and oxygen atoms in total. The van der Waals surface area contributed by atoms with Gasteiger partial charge in [-0.1, -0.05) is 53.9 Å². The lowest BCUT2D eigenvalue weighted by Crippen LogP contribution is -2.36. The first-order valence-corrected chi connectivity index (χ1v) is 17.2. The summed E-state index contributed by atoms with van der Waals surface area (Å²) < 4.78 is 40.5. The summed E-state index contributed by atoms with van der Waals surface area (Å²) in [7, 11) is -4.12. The van der Waals surface area contributed by atoms with Gasteiger partial charge < -0.3 is 24.3 Å². The number of hydrogen-bond acceptors (Lipinski definition) is 9. The van der Waals surface area contributed by atoms with Gasteiger partial charge in [-0.05, 0) is 64.4 Å². The largest absolute Gasteiger partial charge is 0.462 e. The molecule has 13 heteroatoms. The smallest absolute Gasteiger partial charge is 0.459 e. The molecule has 0 fully saturated rings. The molecular weight excluding hydrogens is 649 g/mol. The second kappa shape index (κ2) is 15.3. The van der Waals surface area contributed by atoms with Gasteiger partial charge in [0.1, 0.15) is 29.7 Å². The van der Waals surface area contributed by atoms with Crippen molar-refractivity contribution in [3.8, 4) is 5.75 Å². The zero-order valence-corrected chi connectivity index (χ0v) is 28.3. The van der Waals surface area contributed by atoms with Crippen LogP contribution in [-0.2, 0) is 30.0 Å². The Hall–Kier alpha value is -3.02. The number of aromatic nitrogens is 3. The minimum absolute atomic E-state index is 0.0199. The minimum atomic E-state index is -4.12. The van der Waals surface area contributed by atoms with E-state index in [2.05, 4.69) is 37.5 Å². The van der Waals surface area contributed by atoms with Crippen LogP contribution in [0.4, 0.5) is 5.82 Å². The molecule has 44 heavy (non-hydrogen) atoms. The number of carbonyl (C=O) groups is 1. The third kappa shape index (κ3) is 8.37. The monoisotopic (exact) mass is 689 g/mol. The van der Waals surface area contributed by atoms with Crippen LogP contribution in [0.25, 0.3) is 21.9 Å². The first-order chi connectivity index (χ1) is 21.0. The van der Waals surface area contributed by atoms with E-state index in [1.54, 1.807) is 45.0 Å². The van der Waals surface area contributed by atoms with Crippen LogP contribution in [0.15, 0.2) is 53.0 Å². The number of rotatable bonds is 16. The number of hydrogen-bond donors (Lipinski definition) is 2. The van der Waals surface area contributed by atoms with E-state index in [0.717, 1.165) is 33.7 Å². The number of ether oxygens (including phenoxy) is 2. The maximum Gasteiger partial charge on any atom is 0.459 e. The molecule has 3 atom stereocenters. The number of nitrogens with zero attached hydrogens (tertiary/aromatic N) is 3. The summed E-state index contributed by atoms with van der Waals surface area (Å²) in [5.41, 5.74) is 8.52. The van der Waals surface area contributed by atoms with Crippen LogP contribution in [0.3, 0.4) is 0 Å². The van der Waals surface area contributed by atoms with Gasteiger partial charge in [0.15, 0.2) is 5.82 Å². The second-order valence-corrected chi connectivity index (χ2v) is 13.3. The van der Waals surface area contributed by atoms with Gasteiger partial charge in [0.05, 0.1) is 29.8 Å². The first kappa shape index (κ1) is 33.9. The predicted molar refractivity (Wildman–Crippen MR) is 175 cm³/mol. The van der Waals surface area contributed by atoms with Crippen LogP contribution >= 0.6 is 23.7 Å². The van der Waals surface area contributed by atoms with Crippen LogP contribution in [0.1, 0.15) is 65.7 Å². The van der Waals surface area contributed by atoms with Crippen LogP contribution in [0.2, 0.25) is 0 Å². The fraction of sp³-hybridized carbons (Fsp3) is 0.452. The Labute approximate surface area is 266 Å². The molecule has 0 aliphatic heterocycles. The average Bonchev–Trinajstić information content (AvgIpc) is 3.37. The number of fused-ring (bicyclic) bond motifs is 3. The van der Waals surface area contributed by atoms with Gasteiger partial charge in [-0.3, -0.25) is 9.32 Å². The maximum atomic E-state index is 14.3. The highest BCUT2D eigenvalue weighted by atomic mass is 79.9. The zero-order valence-electron chi connectivity index (χ0n) is 25.8. The summed E-state index contributed by atoms with van der Waals surface area (Å²) in [4.78, 5) is 22.1. The molecule has 0 spiro atoms. The Morgan fingerprint density at radius 1 is 1.09 bits per heavy atom. The molecule has 0 radical (unpaired) electrons. The topological polar surface area (TPSA) is 140 Å². The van der Waals surface area contributed by atoms with Gasteiger partial charge >= 0.3 is 13.7 Å². The van der Waals surface area contributed by atoms with E-state index < -0.39 is 19.8 Å². The van der Waals surface area contributed by atoms with Crippen molar-refractivity contribution in [1.29, 1.82) is 0 Å². The fourth-order valence-electron chi connectivity index (χ4n) is 4.82. The normalized spacial score (nSPS) is 14.5. The van der Waals surface area contributed by atoms with Crippen molar-refractivity contribution in [3.05, 3.63) is 58.8 Å². The summed E-state index contributed by atoms with van der Waals surface area (Å²) in [5.74, 6) is 0.712. The Balaban J connectivity index is 1.76. The summed E-state index contributed by atoms with van der Waals surface area (Å²) in [5, 5.41) is 3.67. The van der Waals surface area contributed by atoms with Crippen molar-refractivity contribution in [2.24, 2.45) is 0 Å². The van der Waals surface area contributed by atoms with Crippen LogP contribution in [0, 0.1) is 0 Å². The van der Waals surface area contributed by atoms with E-state index in [9.17, 15) is 9.36 Å². The lowest BCUT2D eigenvalue weighted by atomic mass is 10.1. The fourth-order valence-corrected chi connectivity index (χ4v) is 6.61. The van der Waals surface area contributed by atoms with Crippen molar-refractivity contribution in [2.75, 3.05) is 18.9 Å². The number of benzene rings is 2. The minimum Gasteiger partial charge on any atom is -0.462 e. The summed E-state index contributed by atoms with van der Waals surface area (Å²) in [6.45, 7) is 9.80. The lowest BCUT2D eigenvalue weighted by molar-refractivity contribution is -0.149. The Morgan fingerprint density at radius 2 is 1.82 bits per heavy atom. The number of esters is 1. The molecular formula is C31H41BrN5O6P. The van der Waals surface area contributed by atoms with E-state index in [4.69, 9.17) is 29.2 Å². The van der Waals surface area contributed by atoms with Gasteiger partial charge in [-0.25, -0.2) is 14.5 Å². The molecule has 0 aliphatic rings. The number of carbonyl (C=O) groups excluding carboxylic acids is 1. The molecule has 238 valence electrons. The SMILES string of the molecule is CCCC[C@@H](CO[P@](=O)(N[C@@H](C)C(=O)OC(C)C)Oc1ccc(Br)cc1)n1c(COCC)nc2c(N)nc3ccccc3c21. The number of imidazole rings is 1. The second-order valence-electron chi connectivity index (χ2n) is 10.7. The molecule has 0 saturated carbocycles. The average molecular weight is 691 g/mol. The molecule has 0 aliphatic carbocycles. The summed E-state index contributed by atoms with van der Waals surface area (Å²) in [6, 6.07) is 13.3. The highest BCUT2D eigenvalue weighted by Gasteiger charge is 2.34. The van der Waals surface area contributed by atoms with Gasteiger partial charge in [-0.2, -0.15) is 5.09 Å². The van der Waals surface area contributed by atoms with E-state index >= 15 is 0 Å². The molecule has 4 rings (SSSR count). The Kier molecular flexibility index (Phi) is 11.8. The van der Waals surface area contributed by atoms with Crippen molar-refractivity contribution >= 4 is 57.4 Å². The number of halogens is 1. The van der Waals surface area contributed by atoms with Crippen molar-refractivity contribution in [2.45, 2.75) is 78.7 Å². The van der Waals surface area contributed by atoms with Crippen molar-refractivity contribution in [1.82, 2.24) is 19.6 Å². The summed E-state index contributed by atoms with van der Waals surface area (Å²) in [6.07, 6.45) is 2.13. The molecule has 3 N–H and O–H groups in total. The van der Waals surface area contributed by atoms with Crippen molar-refractivity contribution in [3.63, 3.8) is 0 Å². The third-order valence-electron chi connectivity index (χ3n) is 6.85. The van der Waals surface area contributed by atoms with Crippen molar-refractivity contribution < 1.29 is 27.9 Å². The lowest BCUT2D eigenvalue weighted by Gasteiger charge is -2.27. The number of nitrogens with one attached hydrogen (secondary N) is 1. The number of anilines is 1. The van der Waals surface area contributed by atoms with Crippen LogP contribution in [0.5, 0.6) is 5.75 Å². The highest BCUT2D eigenvalue weighted by molar-refractivity contribution is 9.10. The number of nitrogen functional groups attached to an aromatic ring is 1. The van der Waals surface area contributed by atoms with Gasteiger partial charge in [0.2, 0.25) is 0 Å². The molecule has 2 aromatic carbocycles. The van der Waals surface area contributed by atoms with E-state index in [1.165, 1.54) is 0 Å². The van der Waals surface area contributed by atoms with E-state index in [0.29, 0.717) is 35.9 Å². The van der Waals surface area contributed by atoms with Gasteiger partial charge in [0.25, 0.3) is 0 Å². The molecule has 0 amide bonds. The summed E-state index contributed by atoms with van der Waals surface area (Å²) >= 11 is 3.40. The molecule has 4 aromatic rings. The number of nitrogens with two attached hydrogens (primary N) is 1. The maximum absolute atomic E-state index is 14.3. The quantitative estimate of drug-likeness (QED) is 0.0907. The molecule has 0 saturated heterocycles. The molecule has 2 heterocycles. The molecule has 0 bridgehead atoms. The van der Waals surface area contributed by atoms with Crippen LogP contribution < -0.4 is 15.3 Å². The third-order valence-corrected chi connectivity index (χ3v) is 9.02. The van der Waals surface area contributed by atoms with Crippen LogP contribution in [-0.4, -0.2) is 45.9 Å². The Bertz CT molecular complexity index is 1610. The standard InChI is InChI=1S/C31H41BrN5O6P/c1-6-8-11-23(37-27(19-40-7-2)35-28-29(37)25-12-9-10-13-26(25)34-30(28)33)18-41-44(39,36-21(5)31(38)42-20(3)4)43-24-16-14-22(32)15-17-24/h9-10,12-17,20-21,23H,6-8,11,18-19H2,1-5H3,(H2,33,34)(H,36,39)/t21-,23-,44+/m0/s1. The number of pyridine rings is 1. The molecule has 0 unspecified atom stereocenters. The van der Waals surface area contributed by atoms with E-state index in [-0.39, 0.29) is 25.4 Å². The molecule has 2 aromatic heterocycles. The Morgan fingerprint density at radius 3 is 2.50 bits per heavy atom. The first-order valence-electron chi connectivity index (χ1n) is 14.9. The number of unbranched alkanes of at least 4 members (excludes halogenated alkanes) is 1. The zero-order chi connectivity index (χ0) is 31.9. The number of para-hydroxylation sites is 1. The van der Waals surface area contributed by atoms with E-state index in [1.807, 2.05) is 31.2 Å².